The lowest BCUT2D eigenvalue weighted by molar-refractivity contribution is 0.0978. The third kappa shape index (κ3) is 4.62. The SMILES string of the molecule is COc1ccc(C#N)cc1-c1cc(C)ncc1C(=O)NC1=NC2=C(CNC2)[SH]1C(=O)c1ccc(C)cn1. The van der Waals surface area contributed by atoms with Gasteiger partial charge in [-0.3, -0.25) is 19.6 Å². The van der Waals surface area contributed by atoms with Crippen LogP contribution < -0.4 is 15.4 Å². The maximum absolute atomic E-state index is 13.6. The molecule has 0 saturated heterocycles. The summed E-state index contributed by atoms with van der Waals surface area (Å²) in [6, 6.07) is 12.5. The maximum Gasteiger partial charge on any atom is 0.259 e. The molecule has 4 heterocycles. The van der Waals surface area contributed by atoms with E-state index in [0.717, 1.165) is 16.2 Å². The highest BCUT2D eigenvalue weighted by Gasteiger charge is 2.36. The minimum Gasteiger partial charge on any atom is -0.496 e. The molecule has 0 bridgehead atoms. The van der Waals surface area contributed by atoms with E-state index in [1.165, 1.54) is 13.3 Å². The van der Waals surface area contributed by atoms with E-state index in [0.29, 0.717) is 52.1 Å². The molecule has 0 spiro atoms. The number of amides is 1. The predicted molar refractivity (Wildman–Crippen MR) is 143 cm³/mol. The molecule has 2 aliphatic heterocycles. The standard InChI is InChI=1S/C27H24N6O3S/c1-15-4-6-21(31-11-15)26(35)37-24-14-29-13-22(24)32-27(37)33-25(34)20-12-30-16(2)8-18(20)19-9-17(10-28)5-7-23(19)36-3/h4-9,11-12,29,37H,13-14H2,1-3H3,(H,32,33,34). The fourth-order valence-corrected chi connectivity index (χ4v) is 6.40. The number of aliphatic imine (C=N–C) groups is 1. The van der Waals surface area contributed by atoms with Crippen molar-refractivity contribution in [2.45, 2.75) is 13.8 Å². The smallest absolute Gasteiger partial charge is 0.259 e. The molecule has 186 valence electrons. The number of hydrogen-bond donors (Lipinski definition) is 3. The van der Waals surface area contributed by atoms with Crippen LogP contribution in [0.1, 0.15) is 37.7 Å². The number of carbonyl (C=O) groups excluding carboxylic acids is 2. The fraction of sp³-hybridized carbons (Fsp3) is 0.185. The molecule has 3 aromatic rings. The number of rotatable bonds is 4. The number of ether oxygens (including phenoxy) is 1. The van der Waals surface area contributed by atoms with Crippen LogP contribution in [0.3, 0.4) is 0 Å². The van der Waals surface area contributed by atoms with Crippen LogP contribution in [0.4, 0.5) is 0 Å². The molecular weight excluding hydrogens is 488 g/mol. The first-order valence-electron chi connectivity index (χ1n) is 11.5. The van der Waals surface area contributed by atoms with E-state index in [4.69, 9.17) is 4.74 Å². The van der Waals surface area contributed by atoms with Crippen molar-refractivity contribution >= 4 is 27.1 Å². The average molecular weight is 513 g/mol. The minimum absolute atomic E-state index is 0.159. The van der Waals surface area contributed by atoms with Gasteiger partial charge in [0, 0.05) is 47.2 Å². The molecule has 0 radical (unpaired) electrons. The summed E-state index contributed by atoms with van der Waals surface area (Å²) in [6.07, 6.45) is 3.14. The van der Waals surface area contributed by atoms with Crippen LogP contribution in [-0.4, -0.2) is 46.4 Å². The summed E-state index contributed by atoms with van der Waals surface area (Å²) in [6.45, 7) is 4.81. The highest BCUT2D eigenvalue weighted by atomic mass is 32.2. The van der Waals surface area contributed by atoms with Crippen molar-refractivity contribution in [2.75, 3.05) is 20.2 Å². The van der Waals surface area contributed by atoms with Gasteiger partial charge in [0.25, 0.3) is 5.91 Å². The summed E-state index contributed by atoms with van der Waals surface area (Å²) < 4.78 is 5.52. The summed E-state index contributed by atoms with van der Waals surface area (Å²) in [5.41, 5.74) is 4.66. The van der Waals surface area contributed by atoms with Crippen LogP contribution in [0, 0.1) is 25.2 Å². The van der Waals surface area contributed by atoms with Crippen molar-refractivity contribution in [2.24, 2.45) is 4.99 Å². The van der Waals surface area contributed by atoms with Gasteiger partial charge < -0.3 is 15.4 Å². The summed E-state index contributed by atoms with van der Waals surface area (Å²) in [4.78, 5) is 41.4. The van der Waals surface area contributed by atoms with Gasteiger partial charge in [-0.2, -0.15) is 5.26 Å². The molecule has 2 N–H and O–H groups in total. The molecule has 1 amide bonds. The molecule has 1 aromatic carbocycles. The van der Waals surface area contributed by atoms with Crippen LogP contribution in [0.2, 0.25) is 0 Å². The number of nitrogens with one attached hydrogen (secondary N) is 2. The Labute approximate surface area is 216 Å². The van der Waals surface area contributed by atoms with Crippen molar-refractivity contribution in [1.29, 1.82) is 5.26 Å². The zero-order valence-corrected chi connectivity index (χ0v) is 21.4. The number of aryl methyl sites for hydroxylation is 2. The predicted octanol–water partition coefficient (Wildman–Crippen LogP) is 3.40. The third-order valence-corrected chi connectivity index (χ3v) is 8.33. The summed E-state index contributed by atoms with van der Waals surface area (Å²) in [7, 11) is -0.0277. The van der Waals surface area contributed by atoms with Crippen molar-refractivity contribution in [3.63, 3.8) is 0 Å². The Bertz CT molecular complexity index is 1540. The van der Waals surface area contributed by atoms with Gasteiger partial charge in [-0.15, -0.1) is 10.9 Å². The monoisotopic (exact) mass is 512 g/mol. The lowest BCUT2D eigenvalue weighted by atomic mass is 9.97. The van der Waals surface area contributed by atoms with Gasteiger partial charge in [-0.1, -0.05) is 6.07 Å². The molecular formula is C27H24N6O3S. The number of thiol groups is 1. The fourth-order valence-electron chi connectivity index (χ4n) is 4.25. The number of hydrogen-bond acceptors (Lipinski definition) is 8. The highest BCUT2D eigenvalue weighted by molar-refractivity contribution is 8.44. The molecule has 1 atom stereocenters. The molecule has 9 nitrogen and oxygen atoms in total. The largest absolute Gasteiger partial charge is 0.496 e. The second-order valence-corrected chi connectivity index (χ2v) is 10.7. The number of methoxy groups -OCH3 is 1. The molecule has 1 unspecified atom stereocenters. The molecule has 10 heteroatoms. The van der Waals surface area contributed by atoms with Crippen molar-refractivity contribution < 1.29 is 14.3 Å². The van der Waals surface area contributed by atoms with Gasteiger partial charge in [0.15, 0.2) is 5.17 Å². The van der Waals surface area contributed by atoms with E-state index in [1.54, 1.807) is 36.5 Å². The van der Waals surface area contributed by atoms with Crippen LogP contribution in [-0.2, 0) is 0 Å². The lowest BCUT2D eigenvalue weighted by Gasteiger charge is -2.20. The molecule has 0 aliphatic carbocycles. The summed E-state index contributed by atoms with van der Waals surface area (Å²) in [5.74, 6) is 0.0726. The quantitative estimate of drug-likeness (QED) is 0.457. The summed E-state index contributed by atoms with van der Waals surface area (Å²) >= 11 is 0. The number of aromatic nitrogens is 2. The van der Waals surface area contributed by atoms with E-state index in [-0.39, 0.29) is 10.7 Å². The number of carbonyl (C=O) groups is 2. The average Bonchev–Trinajstić information content (AvgIpc) is 3.49. The van der Waals surface area contributed by atoms with Gasteiger partial charge >= 0.3 is 0 Å². The topological polar surface area (TPSA) is 129 Å². The Morgan fingerprint density at radius 3 is 2.65 bits per heavy atom. The maximum atomic E-state index is 13.6. The van der Waals surface area contributed by atoms with Gasteiger partial charge in [-0.25, -0.2) is 4.99 Å². The third-order valence-electron chi connectivity index (χ3n) is 6.10. The van der Waals surface area contributed by atoms with Gasteiger partial charge in [-0.05, 0) is 49.7 Å². The van der Waals surface area contributed by atoms with Gasteiger partial charge in [0.05, 0.1) is 30.0 Å². The van der Waals surface area contributed by atoms with Crippen LogP contribution in [0.25, 0.3) is 11.1 Å². The normalized spacial score (nSPS) is 17.1. The first kappa shape index (κ1) is 24.4. The molecule has 0 saturated carbocycles. The minimum atomic E-state index is -1.56. The Morgan fingerprint density at radius 1 is 1.08 bits per heavy atom. The molecule has 2 aromatic heterocycles. The Morgan fingerprint density at radius 2 is 1.92 bits per heavy atom. The number of amidine groups is 1. The lowest BCUT2D eigenvalue weighted by Crippen LogP contribution is -2.33. The molecule has 5 rings (SSSR count). The molecule has 0 fully saturated rings. The van der Waals surface area contributed by atoms with E-state index in [9.17, 15) is 14.9 Å². The van der Waals surface area contributed by atoms with Crippen LogP contribution in [0.5, 0.6) is 5.75 Å². The Kier molecular flexibility index (Phi) is 6.56. The van der Waals surface area contributed by atoms with Gasteiger partial charge in [0.1, 0.15) is 11.4 Å². The second kappa shape index (κ2) is 9.97. The Hall–Kier alpha value is -4.33. The van der Waals surface area contributed by atoms with Crippen molar-refractivity contribution in [1.82, 2.24) is 20.6 Å². The zero-order chi connectivity index (χ0) is 26.1. The molecule has 2 aliphatic rings. The number of pyridine rings is 2. The summed E-state index contributed by atoms with van der Waals surface area (Å²) in [5, 5.41) is 15.7. The van der Waals surface area contributed by atoms with Crippen LogP contribution in [0.15, 0.2) is 64.4 Å². The first-order chi connectivity index (χ1) is 17.9. The van der Waals surface area contributed by atoms with E-state index < -0.39 is 16.8 Å². The van der Waals surface area contributed by atoms with E-state index in [2.05, 4.69) is 31.7 Å². The van der Waals surface area contributed by atoms with Crippen molar-refractivity contribution in [3.8, 4) is 22.9 Å². The highest BCUT2D eigenvalue weighted by Crippen LogP contribution is 2.47. The van der Waals surface area contributed by atoms with E-state index in [1.807, 2.05) is 19.9 Å². The van der Waals surface area contributed by atoms with Crippen LogP contribution >= 0.6 is 10.9 Å². The molecule has 37 heavy (non-hydrogen) atoms. The van der Waals surface area contributed by atoms with Crippen molar-refractivity contribution in [3.05, 3.63) is 87.5 Å². The van der Waals surface area contributed by atoms with E-state index >= 15 is 0 Å². The first-order valence-corrected chi connectivity index (χ1v) is 12.9. The number of nitrogens with zero attached hydrogens (tertiary/aromatic N) is 4. The number of benzene rings is 1. The second-order valence-electron chi connectivity index (χ2n) is 8.65. The Balaban J connectivity index is 1.51. The zero-order valence-electron chi connectivity index (χ0n) is 20.5. The number of nitriles is 1. The van der Waals surface area contributed by atoms with Gasteiger partial charge in [0.2, 0.25) is 5.12 Å².